The van der Waals surface area contributed by atoms with E-state index in [-0.39, 0.29) is 17.5 Å². The van der Waals surface area contributed by atoms with Gasteiger partial charge in [0, 0.05) is 30.5 Å². The highest BCUT2D eigenvalue weighted by atomic mass is 16.2. The van der Waals surface area contributed by atoms with Crippen LogP contribution in [0.15, 0.2) is 36.5 Å². The zero-order valence-corrected chi connectivity index (χ0v) is 18.8. The number of anilines is 1. The number of aryl methyl sites for hydroxylation is 3. The number of amides is 2. The number of rotatable bonds is 8. The number of carbonyl (C=O) groups excluding carboxylic acids is 2. The van der Waals surface area contributed by atoms with Crippen LogP contribution in [0, 0.1) is 19.8 Å². The largest absolute Gasteiger partial charge is 0.350 e. The van der Waals surface area contributed by atoms with Gasteiger partial charge in [-0.3, -0.25) is 19.0 Å². The van der Waals surface area contributed by atoms with E-state index in [1.54, 1.807) is 23.0 Å². The minimum atomic E-state index is -0.295. The van der Waals surface area contributed by atoms with E-state index in [2.05, 4.69) is 20.8 Å². The summed E-state index contributed by atoms with van der Waals surface area (Å²) in [5.41, 5.74) is 4.26. The van der Waals surface area contributed by atoms with Crippen LogP contribution < -0.4 is 10.6 Å². The lowest BCUT2D eigenvalue weighted by molar-refractivity contribution is 0.0944. The molecule has 0 fully saturated rings. The second-order valence-electron chi connectivity index (χ2n) is 8.09. The third-order valence-corrected chi connectivity index (χ3v) is 4.87. The predicted molar refractivity (Wildman–Crippen MR) is 120 cm³/mol. The van der Waals surface area contributed by atoms with Crippen molar-refractivity contribution < 1.29 is 9.59 Å². The van der Waals surface area contributed by atoms with Crippen LogP contribution in [0.4, 0.5) is 5.69 Å². The molecular weight excluding hydrogens is 392 g/mol. The van der Waals surface area contributed by atoms with E-state index in [9.17, 15) is 9.59 Å². The van der Waals surface area contributed by atoms with E-state index in [0.29, 0.717) is 36.8 Å². The van der Waals surface area contributed by atoms with E-state index in [1.807, 2.05) is 57.5 Å². The molecule has 0 aliphatic carbocycles. The Kier molecular flexibility index (Phi) is 6.89. The van der Waals surface area contributed by atoms with E-state index < -0.39 is 0 Å². The van der Waals surface area contributed by atoms with E-state index >= 15 is 0 Å². The monoisotopic (exact) mass is 422 g/mol. The van der Waals surface area contributed by atoms with Crippen LogP contribution in [0.1, 0.15) is 58.6 Å². The summed E-state index contributed by atoms with van der Waals surface area (Å²) in [6.45, 7) is 11.7. The van der Waals surface area contributed by atoms with Crippen LogP contribution in [0.3, 0.4) is 0 Å². The van der Waals surface area contributed by atoms with Gasteiger partial charge in [0.05, 0.1) is 17.9 Å². The third kappa shape index (κ3) is 5.59. The summed E-state index contributed by atoms with van der Waals surface area (Å²) in [7, 11) is 0. The fraction of sp³-hybridized carbons (Fsp3) is 0.391. The lowest BCUT2D eigenvalue weighted by atomic mass is 10.1. The van der Waals surface area contributed by atoms with Crippen LogP contribution in [0.25, 0.3) is 0 Å². The van der Waals surface area contributed by atoms with Gasteiger partial charge in [-0.25, -0.2) is 0 Å². The van der Waals surface area contributed by atoms with Crippen LogP contribution in [-0.4, -0.2) is 37.9 Å². The summed E-state index contributed by atoms with van der Waals surface area (Å²) in [5, 5.41) is 14.5. The molecule has 0 unspecified atom stereocenters. The van der Waals surface area contributed by atoms with Gasteiger partial charge in [-0.05, 0) is 50.5 Å². The Morgan fingerprint density at radius 3 is 2.35 bits per heavy atom. The molecule has 3 aromatic rings. The molecule has 8 heteroatoms. The average molecular weight is 423 g/mol. The highest BCUT2D eigenvalue weighted by Gasteiger charge is 2.19. The molecule has 1 aromatic carbocycles. The summed E-state index contributed by atoms with van der Waals surface area (Å²) in [6, 6.07) is 9.42. The van der Waals surface area contributed by atoms with Crippen molar-refractivity contribution in [1.29, 1.82) is 0 Å². The van der Waals surface area contributed by atoms with Crippen LogP contribution in [-0.2, 0) is 13.1 Å². The number of nitrogens with one attached hydrogen (secondary N) is 2. The first kappa shape index (κ1) is 22.3. The van der Waals surface area contributed by atoms with E-state index in [1.165, 1.54) is 0 Å². The molecule has 0 bridgehead atoms. The standard InChI is InChI=1S/C23H30N6O2/c1-6-28-14-20(21(27-28)23(31)24-12-15(2)3)25-22(30)19-9-7-18(8-10-19)13-29-17(5)11-16(4)26-29/h7-11,14-15H,6,12-13H2,1-5H3,(H,24,31)(H,25,30). The van der Waals surface area contributed by atoms with Gasteiger partial charge in [0.15, 0.2) is 5.69 Å². The fourth-order valence-corrected chi connectivity index (χ4v) is 3.19. The molecule has 0 spiro atoms. The maximum Gasteiger partial charge on any atom is 0.273 e. The SMILES string of the molecule is CCn1cc(NC(=O)c2ccc(Cn3nc(C)cc3C)cc2)c(C(=O)NCC(C)C)n1. The fourth-order valence-electron chi connectivity index (χ4n) is 3.19. The van der Waals surface area contributed by atoms with Crippen LogP contribution >= 0.6 is 0 Å². The molecule has 8 nitrogen and oxygen atoms in total. The van der Waals surface area contributed by atoms with Crippen molar-refractivity contribution in [2.45, 2.75) is 47.7 Å². The van der Waals surface area contributed by atoms with E-state index in [4.69, 9.17) is 0 Å². The van der Waals surface area contributed by atoms with Crippen molar-refractivity contribution in [2.24, 2.45) is 5.92 Å². The molecule has 0 saturated carbocycles. The van der Waals surface area contributed by atoms with Crippen molar-refractivity contribution in [2.75, 3.05) is 11.9 Å². The zero-order valence-electron chi connectivity index (χ0n) is 18.8. The lowest BCUT2D eigenvalue weighted by Crippen LogP contribution is -2.28. The molecule has 31 heavy (non-hydrogen) atoms. The van der Waals surface area contributed by atoms with Crippen LogP contribution in [0.5, 0.6) is 0 Å². The van der Waals surface area contributed by atoms with Crippen molar-refractivity contribution in [3.63, 3.8) is 0 Å². The third-order valence-electron chi connectivity index (χ3n) is 4.87. The molecule has 0 aliphatic rings. The normalized spacial score (nSPS) is 11.0. The summed E-state index contributed by atoms with van der Waals surface area (Å²) in [4.78, 5) is 25.3. The highest BCUT2D eigenvalue weighted by molar-refractivity contribution is 6.08. The first-order valence-electron chi connectivity index (χ1n) is 10.5. The summed E-state index contributed by atoms with van der Waals surface area (Å²) >= 11 is 0. The van der Waals surface area contributed by atoms with Crippen molar-refractivity contribution >= 4 is 17.5 Å². The Morgan fingerprint density at radius 1 is 1.06 bits per heavy atom. The molecule has 164 valence electrons. The minimum absolute atomic E-state index is 0.219. The smallest absolute Gasteiger partial charge is 0.273 e. The number of carbonyl (C=O) groups is 2. The molecule has 0 atom stereocenters. The summed E-state index contributed by atoms with van der Waals surface area (Å²) < 4.78 is 3.57. The van der Waals surface area contributed by atoms with Gasteiger partial charge < -0.3 is 10.6 Å². The second kappa shape index (κ2) is 9.59. The van der Waals surface area contributed by atoms with Gasteiger partial charge in [0.2, 0.25) is 0 Å². The van der Waals surface area contributed by atoms with Gasteiger partial charge in [-0.1, -0.05) is 26.0 Å². The van der Waals surface area contributed by atoms with Gasteiger partial charge in [0.1, 0.15) is 0 Å². The predicted octanol–water partition coefficient (Wildman–Crippen LogP) is 3.40. The molecule has 2 heterocycles. The van der Waals surface area contributed by atoms with Crippen molar-refractivity contribution in [3.05, 3.63) is 64.7 Å². The minimum Gasteiger partial charge on any atom is -0.350 e. The number of nitrogens with zero attached hydrogens (tertiary/aromatic N) is 4. The average Bonchev–Trinajstić information content (AvgIpc) is 3.28. The molecule has 2 amide bonds. The topological polar surface area (TPSA) is 93.8 Å². The highest BCUT2D eigenvalue weighted by Crippen LogP contribution is 2.16. The van der Waals surface area contributed by atoms with Gasteiger partial charge in [-0.15, -0.1) is 0 Å². The molecule has 0 radical (unpaired) electrons. The molecule has 0 saturated heterocycles. The summed E-state index contributed by atoms with van der Waals surface area (Å²) in [5.74, 6) is -0.258. The number of aromatic nitrogens is 4. The number of hydrogen-bond donors (Lipinski definition) is 2. The Balaban J connectivity index is 1.71. The maximum absolute atomic E-state index is 12.8. The Bertz CT molecular complexity index is 1060. The Hall–Kier alpha value is -3.42. The molecule has 2 N–H and O–H groups in total. The maximum atomic E-state index is 12.8. The van der Waals surface area contributed by atoms with E-state index in [0.717, 1.165) is 17.0 Å². The first-order chi connectivity index (χ1) is 14.8. The van der Waals surface area contributed by atoms with Gasteiger partial charge in [-0.2, -0.15) is 10.2 Å². The molecule has 2 aromatic heterocycles. The van der Waals surface area contributed by atoms with Gasteiger partial charge >= 0.3 is 0 Å². The van der Waals surface area contributed by atoms with Gasteiger partial charge in [0.25, 0.3) is 11.8 Å². The van der Waals surface area contributed by atoms with Crippen LogP contribution in [0.2, 0.25) is 0 Å². The second-order valence-corrected chi connectivity index (χ2v) is 8.09. The molecule has 3 rings (SSSR count). The Morgan fingerprint density at radius 2 is 1.77 bits per heavy atom. The number of hydrogen-bond acceptors (Lipinski definition) is 4. The first-order valence-corrected chi connectivity index (χ1v) is 10.5. The summed E-state index contributed by atoms with van der Waals surface area (Å²) in [6.07, 6.45) is 1.68. The Labute approximate surface area is 182 Å². The molecular formula is C23H30N6O2. The lowest BCUT2D eigenvalue weighted by Gasteiger charge is -2.09. The zero-order chi connectivity index (χ0) is 22.5. The molecule has 0 aliphatic heterocycles. The van der Waals surface area contributed by atoms with Crippen molar-refractivity contribution in [1.82, 2.24) is 24.9 Å². The van der Waals surface area contributed by atoms with Crippen molar-refractivity contribution in [3.8, 4) is 0 Å². The quantitative estimate of drug-likeness (QED) is 0.582. The number of benzene rings is 1.